The van der Waals surface area contributed by atoms with Gasteiger partial charge in [-0.25, -0.2) is 9.78 Å². The number of nitrogens with zero attached hydrogens (tertiary/aromatic N) is 2. The molecule has 1 aliphatic heterocycles. The van der Waals surface area contributed by atoms with Crippen LogP contribution in [0.25, 0.3) is 0 Å². The quantitative estimate of drug-likeness (QED) is 0.848. The minimum Gasteiger partial charge on any atom is -0.478 e. The predicted molar refractivity (Wildman–Crippen MR) is 64.4 cm³/mol. The number of carbonyl (C=O) groups is 1. The van der Waals surface area contributed by atoms with Crippen molar-refractivity contribution >= 4 is 11.8 Å². The fourth-order valence-electron chi connectivity index (χ4n) is 3.13. The van der Waals surface area contributed by atoms with Gasteiger partial charge in [0.25, 0.3) is 0 Å². The predicted octanol–water partition coefficient (Wildman–Crippen LogP) is 2.08. The lowest BCUT2D eigenvalue weighted by Gasteiger charge is -2.28. The average molecular weight is 232 g/mol. The molecule has 1 aromatic heterocycles. The van der Waals surface area contributed by atoms with Crippen LogP contribution in [0, 0.1) is 12.8 Å². The van der Waals surface area contributed by atoms with Crippen LogP contribution >= 0.6 is 0 Å². The Hall–Kier alpha value is -1.58. The van der Waals surface area contributed by atoms with E-state index < -0.39 is 5.97 Å². The molecule has 1 saturated heterocycles. The van der Waals surface area contributed by atoms with E-state index in [0.29, 0.717) is 11.6 Å². The summed E-state index contributed by atoms with van der Waals surface area (Å²) in [5, 5.41) is 9.06. The van der Waals surface area contributed by atoms with Gasteiger partial charge in [-0.15, -0.1) is 0 Å². The van der Waals surface area contributed by atoms with Crippen LogP contribution in [0.3, 0.4) is 0 Å². The second-order valence-corrected chi connectivity index (χ2v) is 5.15. The van der Waals surface area contributed by atoms with E-state index in [2.05, 4.69) is 9.88 Å². The Kier molecular flexibility index (Phi) is 2.31. The number of carboxylic acid groups (broad SMARTS) is 1. The molecule has 2 atom stereocenters. The van der Waals surface area contributed by atoms with Crippen LogP contribution in [0.2, 0.25) is 0 Å². The van der Waals surface area contributed by atoms with E-state index in [4.69, 9.17) is 5.11 Å². The summed E-state index contributed by atoms with van der Waals surface area (Å²) in [4.78, 5) is 17.8. The van der Waals surface area contributed by atoms with Crippen molar-refractivity contribution in [2.45, 2.75) is 32.2 Å². The van der Waals surface area contributed by atoms with Crippen LogP contribution in [0.15, 0.2) is 12.1 Å². The van der Waals surface area contributed by atoms with Crippen LogP contribution in [-0.2, 0) is 0 Å². The second-order valence-electron chi connectivity index (χ2n) is 5.15. The number of fused-ring (bicyclic) bond motifs is 2. The van der Waals surface area contributed by atoms with Gasteiger partial charge in [-0.2, -0.15) is 0 Å². The lowest BCUT2D eigenvalue weighted by Crippen LogP contribution is -2.32. The number of carboxylic acids is 1. The first-order chi connectivity index (χ1) is 8.13. The summed E-state index contributed by atoms with van der Waals surface area (Å²) in [6.07, 6.45) is 3.79. The van der Waals surface area contributed by atoms with Gasteiger partial charge in [-0.3, -0.25) is 0 Å². The third-order valence-corrected chi connectivity index (χ3v) is 3.89. The summed E-state index contributed by atoms with van der Waals surface area (Å²) < 4.78 is 0. The number of aryl methyl sites for hydroxylation is 1. The van der Waals surface area contributed by atoms with Crippen LogP contribution in [0.4, 0.5) is 5.82 Å². The number of piperidine rings is 1. The van der Waals surface area contributed by atoms with Crippen molar-refractivity contribution < 1.29 is 9.90 Å². The number of pyridine rings is 1. The van der Waals surface area contributed by atoms with Gasteiger partial charge in [0.15, 0.2) is 0 Å². The molecule has 3 rings (SSSR count). The van der Waals surface area contributed by atoms with E-state index in [1.54, 1.807) is 12.1 Å². The summed E-state index contributed by atoms with van der Waals surface area (Å²) in [7, 11) is 0. The summed E-state index contributed by atoms with van der Waals surface area (Å²) in [5.41, 5.74) is 1.12. The third kappa shape index (κ3) is 1.77. The monoisotopic (exact) mass is 232 g/mol. The Bertz CT molecular complexity index is 472. The van der Waals surface area contributed by atoms with Crippen LogP contribution in [0.1, 0.15) is 35.3 Å². The molecule has 1 aromatic rings. The van der Waals surface area contributed by atoms with Crippen LogP contribution in [-0.4, -0.2) is 28.6 Å². The van der Waals surface area contributed by atoms with Crippen molar-refractivity contribution in [2.75, 3.05) is 11.4 Å². The third-order valence-electron chi connectivity index (χ3n) is 3.89. The second kappa shape index (κ2) is 3.72. The zero-order valence-corrected chi connectivity index (χ0v) is 9.89. The molecule has 90 valence electrons. The van der Waals surface area contributed by atoms with Crippen molar-refractivity contribution in [1.29, 1.82) is 0 Å². The lowest BCUT2D eigenvalue weighted by molar-refractivity contribution is 0.0696. The van der Waals surface area contributed by atoms with E-state index in [-0.39, 0.29) is 0 Å². The molecular formula is C13H16N2O2. The Labute approximate surface area is 100 Å². The van der Waals surface area contributed by atoms with Gasteiger partial charge in [0, 0.05) is 18.3 Å². The number of aromatic nitrogens is 1. The fraction of sp³-hybridized carbons (Fsp3) is 0.538. The molecule has 1 saturated carbocycles. The molecule has 0 spiro atoms. The molecule has 4 heteroatoms. The first-order valence-electron chi connectivity index (χ1n) is 6.12. The molecule has 1 N–H and O–H groups in total. The highest BCUT2D eigenvalue weighted by Gasteiger charge is 2.38. The van der Waals surface area contributed by atoms with E-state index in [9.17, 15) is 4.79 Å². The van der Waals surface area contributed by atoms with Crippen molar-refractivity contribution in [3.8, 4) is 0 Å². The summed E-state index contributed by atoms with van der Waals surface area (Å²) in [6.45, 7) is 2.89. The first kappa shape index (κ1) is 10.6. The molecule has 2 heterocycles. The largest absolute Gasteiger partial charge is 0.478 e. The van der Waals surface area contributed by atoms with E-state index in [1.165, 1.54) is 19.3 Å². The maximum atomic E-state index is 11.0. The highest BCUT2D eigenvalue weighted by molar-refractivity contribution is 5.88. The van der Waals surface area contributed by atoms with Crippen molar-refractivity contribution in [3.63, 3.8) is 0 Å². The molecule has 0 radical (unpaired) electrons. The lowest BCUT2D eigenvalue weighted by atomic mass is 10.1. The molecule has 2 fully saturated rings. The van der Waals surface area contributed by atoms with Crippen molar-refractivity contribution in [2.24, 2.45) is 5.92 Å². The van der Waals surface area contributed by atoms with Gasteiger partial charge in [0.05, 0.1) is 5.56 Å². The number of hydrogen-bond donors (Lipinski definition) is 1. The van der Waals surface area contributed by atoms with Gasteiger partial charge >= 0.3 is 5.97 Å². The molecule has 1 aliphatic carbocycles. The maximum Gasteiger partial charge on any atom is 0.335 e. The van der Waals surface area contributed by atoms with E-state index >= 15 is 0 Å². The van der Waals surface area contributed by atoms with Crippen LogP contribution < -0.4 is 4.90 Å². The van der Waals surface area contributed by atoms with Gasteiger partial charge in [-0.05, 0) is 44.2 Å². The number of rotatable bonds is 2. The molecule has 17 heavy (non-hydrogen) atoms. The Morgan fingerprint density at radius 3 is 2.88 bits per heavy atom. The highest BCUT2D eigenvalue weighted by atomic mass is 16.4. The topological polar surface area (TPSA) is 53.4 Å². The minimum atomic E-state index is -0.874. The number of aromatic carboxylic acids is 1. The zero-order chi connectivity index (χ0) is 12.0. The highest BCUT2D eigenvalue weighted by Crippen LogP contribution is 2.39. The van der Waals surface area contributed by atoms with Crippen LogP contribution in [0.5, 0.6) is 0 Å². The minimum absolute atomic E-state index is 0.343. The van der Waals surface area contributed by atoms with E-state index in [1.807, 2.05) is 6.92 Å². The van der Waals surface area contributed by atoms with Gasteiger partial charge < -0.3 is 10.0 Å². The first-order valence-corrected chi connectivity index (χ1v) is 6.12. The van der Waals surface area contributed by atoms with E-state index in [0.717, 1.165) is 24.0 Å². The van der Waals surface area contributed by atoms with Gasteiger partial charge in [0.1, 0.15) is 5.82 Å². The average Bonchev–Trinajstić information content (AvgIpc) is 2.89. The molecule has 2 unspecified atom stereocenters. The van der Waals surface area contributed by atoms with Crippen molar-refractivity contribution in [3.05, 3.63) is 23.4 Å². The summed E-state index contributed by atoms with van der Waals surface area (Å²) >= 11 is 0. The molecule has 2 aliphatic rings. The molecule has 4 nitrogen and oxygen atoms in total. The number of anilines is 1. The summed E-state index contributed by atoms with van der Waals surface area (Å²) in [6, 6.07) is 3.91. The molecule has 0 amide bonds. The zero-order valence-electron chi connectivity index (χ0n) is 9.89. The van der Waals surface area contributed by atoms with Gasteiger partial charge in [-0.1, -0.05) is 0 Å². The smallest absolute Gasteiger partial charge is 0.335 e. The fourth-order valence-corrected chi connectivity index (χ4v) is 3.13. The molecule has 0 aromatic carbocycles. The Balaban J connectivity index is 1.95. The normalized spacial score (nSPS) is 26.5. The SMILES string of the molecule is Cc1cc(C(=O)O)cc(N2CC3CCC2C3)n1. The Morgan fingerprint density at radius 2 is 2.29 bits per heavy atom. The number of hydrogen-bond acceptors (Lipinski definition) is 3. The molecule has 2 bridgehead atoms. The maximum absolute atomic E-state index is 11.0. The Morgan fingerprint density at radius 1 is 1.47 bits per heavy atom. The van der Waals surface area contributed by atoms with Crippen molar-refractivity contribution in [1.82, 2.24) is 4.98 Å². The molecular weight excluding hydrogens is 216 g/mol. The standard InChI is InChI=1S/C13H16N2O2/c1-8-4-10(13(16)17)6-12(14-8)15-7-9-2-3-11(15)5-9/h4,6,9,11H,2-3,5,7H2,1H3,(H,16,17). The van der Waals surface area contributed by atoms with Gasteiger partial charge in [0.2, 0.25) is 0 Å². The summed E-state index contributed by atoms with van der Waals surface area (Å²) in [5.74, 6) is 0.756.